The third-order valence-electron chi connectivity index (χ3n) is 3.29. The molecule has 4 nitrogen and oxygen atoms in total. The van der Waals surface area contributed by atoms with Gasteiger partial charge in [0.15, 0.2) is 0 Å². The molecule has 1 aromatic rings. The first kappa shape index (κ1) is 10.2. The summed E-state index contributed by atoms with van der Waals surface area (Å²) in [4.78, 5) is 10.8. The maximum absolute atomic E-state index is 5.67. The minimum atomic E-state index is 0.501. The Morgan fingerprint density at radius 2 is 2.27 bits per heavy atom. The van der Waals surface area contributed by atoms with Crippen molar-refractivity contribution in [2.24, 2.45) is 5.92 Å². The molecule has 2 heterocycles. The van der Waals surface area contributed by atoms with Crippen molar-refractivity contribution in [2.75, 3.05) is 17.2 Å². The van der Waals surface area contributed by atoms with E-state index in [2.05, 4.69) is 28.7 Å². The molecule has 0 amide bonds. The highest BCUT2D eigenvalue weighted by atomic mass is 15.3. The van der Waals surface area contributed by atoms with Gasteiger partial charge in [-0.05, 0) is 31.7 Å². The number of hydrogen-bond donors (Lipinski definition) is 1. The molecular weight excluding hydrogens is 188 g/mol. The van der Waals surface area contributed by atoms with Crippen LogP contribution in [0.15, 0.2) is 12.3 Å². The second kappa shape index (κ2) is 4.04. The van der Waals surface area contributed by atoms with E-state index in [1.807, 2.05) is 0 Å². The fourth-order valence-corrected chi connectivity index (χ4v) is 2.12. The Labute approximate surface area is 90.5 Å². The van der Waals surface area contributed by atoms with Crippen LogP contribution in [0.5, 0.6) is 0 Å². The lowest BCUT2D eigenvalue weighted by Gasteiger charge is -2.37. The number of hydrogen-bond acceptors (Lipinski definition) is 4. The van der Waals surface area contributed by atoms with E-state index in [-0.39, 0.29) is 0 Å². The maximum atomic E-state index is 5.67. The van der Waals surface area contributed by atoms with E-state index in [0.29, 0.717) is 17.8 Å². The van der Waals surface area contributed by atoms with Crippen LogP contribution < -0.4 is 10.6 Å². The first-order valence-corrected chi connectivity index (χ1v) is 5.53. The Bertz CT molecular complexity index is 339. The van der Waals surface area contributed by atoms with Crippen molar-refractivity contribution in [3.8, 4) is 0 Å². The zero-order valence-corrected chi connectivity index (χ0v) is 9.35. The van der Waals surface area contributed by atoms with Gasteiger partial charge in [-0.2, -0.15) is 4.98 Å². The number of nitrogen functional groups attached to an aromatic ring is 1. The van der Waals surface area contributed by atoms with Crippen LogP contribution in [0.25, 0.3) is 0 Å². The SMILES string of the molecule is CC1CCCN(c2nccc(N)n2)C1C. The van der Waals surface area contributed by atoms with Crippen LogP contribution in [-0.2, 0) is 0 Å². The molecule has 0 aromatic carbocycles. The van der Waals surface area contributed by atoms with E-state index in [1.54, 1.807) is 12.3 Å². The van der Waals surface area contributed by atoms with E-state index in [0.717, 1.165) is 12.5 Å². The second-order valence-corrected chi connectivity index (χ2v) is 4.34. The monoisotopic (exact) mass is 206 g/mol. The van der Waals surface area contributed by atoms with Crippen LogP contribution in [0.1, 0.15) is 26.7 Å². The van der Waals surface area contributed by atoms with Crippen molar-refractivity contribution in [2.45, 2.75) is 32.7 Å². The molecule has 2 atom stereocenters. The molecule has 2 rings (SSSR count). The summed E-state index contributed by atoms with van der Waals surface area (Å²) >= 11 is 0. The Balaban J connectivity index is 2.22. The normalized spacial score (nSPS) is 26.7. The minimum absolute atomic E-state index is 0.501. The van der Waals surface area contributed by atoms with Crippen LogP contribution in [0, 0.1) is 5.92 Å². The summed E-state index contributed by atoms with van der Waals surface area (Å²) in [6.07, 6.45) is 4.23. The minimum Gasteiger partial charge on any atom is -0.384 e. The van der Waals surface area contributed by atoms with Crippen molar-refractivity contribution in [3.63, 3.8) is 0 Å². The van der Waals surface area contributed by atoms with Gasteiger partial charge in [0.05, 0.1) is 0 Å². The third-order valence-corrected chi connectivity index (χ3v) is 3.29. The topological polar surface area (TPSA) is 55.0 Å². The molecule has 1 aliphatic heterocycles. The summed E-state index contributed by atoms with van der Waals surface area (Å²) in [6.45, 7) is 5.55. The lowest BCUT2D eigenvalue weighted by Crippen LogP contribution is -2.43. The molecule has 0 bridgehead atoms. The first-order chi connectivity index (χ1) is 7.18. The number of nitrogens with zero attached hydrogens (tertiary/aromatic N) is 3. The second-order valence-electron chi connectivity index (χ2n) is 4.34. The quantitative estimate of drug-likeness (QED) is 0.759. The Morgan fingerprint density at radius 1 is 1.47 bits per heavy atom. The lowest BCUT2D eigenvalue weighted by molar-refractivity contribution is 0.359. The fourth-order valence-electron chi connectivity index (χ4n) is 2.12. The van der Waals surface area contributed by atoms with Gasteiger partial charge in [-0.1, -0.05) is 6.92 Å². The van der Waals surface area contributed by atoms with Crippen molar-refractivity contribution in [3.05, 3.63) is 12.3 Å². The van der Waals surface area contributed by atoms with Gasteiger partial charge in [-0.25, -0.2) is 4.98 Å². The van der Waals surface area contributed by atoms with Crippen LogP contribution >= 0.6 is 0 Å². The van der Waals surface area contributed by atoms with E-state index in [9.17, 15) is 0 Å². The largest absolute Gasteiger partial charge is 0.384 e. The van der Waals surface area contributed by atoms with Crippen molar-refractivity contribution < 1.29 is 0 Å². The predicted molar refractivity (Wildman–Crippen MR) is 61.7 cm³/mol. The molecule has 2 unspecified atom stereocenters. The van der Waals surface area contributed by atoms with Crippen molar-refractivity contribution >= 4 is 11.8 Å². The van der Waals surface area contributed by atoms with Crippen LogP contribution in [0.3, 0.4) is 0 Å². The van der Waals surface area contributed by atoms with Crippen molar-refractivity contribution in [1.29, 1.82) is 0 Å². The molecule has 2 N–H and O–H groups in total. The highest BCUT2D eigenvalue weighted by molar-refractivity contribution is 5.39. The Kier molecular flexibility index (Phi) is 2.75. The lowest BCUT2D eigenvalue weighted by atomic mass is 9.92. The standard InChI is InChI=1S/C11H18N4/c1-8-4-3-7-15(9(8)2)11-13-6-5-10(12)14-11/h5-6,8-9H,3-4,7H2,1-2H3,(H2,12,13,14). The van der Waals surface area contributed by atoms with Crippen LogP contribution in [-0.4, -0.2) is 22.6 Å². The third kappa shape index (κ3) is 2.03. The molecule has 4 heteroatoms. The molecule has 15 heavy (non-hydrogen) atoms. The van der Waals surface area contributed by atoms with E-state index >= 15 is 0 Å². The number of piperidine rings is 1. The summed E-state index contributed by atoms with van der Waals surface area (Å²) in [5.74, 6) is 2.02. The van der Waals surface area contributed by atoms with Gasteiger partial charge in [-0.3, -0.25) is 0 Å². The molecule has 0 spiro atoms. The maximum Gasteiger partial charge on any atom is 0.227 e. The average Bonchev–Trinajstić information content (AvgIpc) is 2.22. The summed E-state index contributed by atoms with van der Waals surface area (Å²) in [6, 6.07) is 2.22. The summed E-state index contributed by atoms with van der Waals surface area (Å²) in [5, 5.41) is 0. The van der Waals surface area contributed by atoms with E-state index in [1.165, 1.54) is 12.8 Å². The summed E-state index contributed by atoms with van der Waals surface area (Å²) in [5.41, 5.74) is 5.67. The average molecular weight is 206 g/mol. The van der Waals surface area contributed by atoms with Gasteiger partial charge < -0.3 is 10.6 Å². The van der Waals surface area contributed by atoms with Gasteiger partial charge in [0, 0.05) is 18.8 Å². The smallest absolute Gasteiger partial charge is 0.227 e. The van der Waals surface area contributed by atoms with Gasteiger partial charge in [-0.15, -0.1) is 0 Å². The zero-order chi connectivity index (χ0) is 10.8. The number of nitrogens with two attached hydrogens (primary N) is 1. The zero-order valence-electron chi connectivity index (χ0n) is 9.35. The van der Waals surface area contributed by atoms with Gasteiger partial charge >= 0.3 is 0 Å². The molecule has 1 aromatic heterocycles. The van der Waals surface area contributed by atoms with Gasteiger partial charge in [0.2, 0.25) is 5.95 Å². The van der Waals surface area contributed by atoms with E-state index in [4.69, 9.17) is 5.73 Å². The molecule has 0 aliphatic carbocycles. The molecule has 1 aliphatic rings. The van der Waals surface area contributed by atoms with Crippen LogP contribution in [0.4, 0.5) is 11.8 Å². The van der Waals surface area contributed by atoms with E-state index < -0.39 is 0 Å². The number of aromatic nitrogens is 2. The molecule has 0 radical (unpaired) electrons. The predicted octanol–water partition coefficient (Wildman–Crippen LogP) is 1.68. The van der Waals surface area contributed by atoms with Gasteiger partial charge in [0.25, 0.3) is 0 Å². The molecule has 1 saturated heterocycles. The number of rotatable bonds is 1. The summed E-state index contributed by atoms with van der Waals surface area (Å²) < 4.78 is 0. The van der Waals surface area contributed by atoms with Crippen LogP contribution in [0.2, 0.25) is 0 Å². The van der Waals surface area contributed by atoms with Crippen molar-refractivity contribution in [1.82, 2.24) is 9.97 Å². The van der Waals surface area contributed by atoms with Gasteiger partial charge in [0.1, 0.15) is 5.82 Å². The molecule has 1 fully saturated rings. The highest BCUT2D eigenvalue weighted by Crippen LogP contribution is 2.25. The Morgan fingerprint density at radius 3 is 3.00 bits per heavy atom. The Hall–Kier alpha value is -1.32. The first-order valence-electron chi connectivity index (χ1n) is 5.53. The molecule has 82 valence electrons. The molecule has 0 saturated carbocycles. The summed E-state index contributed by atoms with van der Waals surface area (Å²) in [7, 11) is 0. The fraction of sp³-hybridized carbons (Fsp3) is 0.636. The molecular formula is C11H18N4. The highest BCUT2D eigenvalue weighted by Gasteiger charge is 2.26. The number of anilines is 2.